The highest BCUT2D eigenvalue weighted by Crippen LogP contribution is 2.46. The standard InChI is InChI=1S/C32H32N2O6S/c1-5-6-7-15-40-24-14-12-20(18-25(24)39-4)28-27(29(35)21-9-8-10-22(17-21)38-3)30(36)31(37)34(28)32-33-23-13-11-19(2)16-26(23)41-32/h8-14,16-18,28,35H,5-7,15H2,1-4H3. The number of thiazole rings is 1. The number of carbonyl (C=O) groups is 2. The predicted molar refractivity (Wildman–Crippen MR) is 160 cm³/mol. The molecule has 1 aliphatic rings. The summed E-state index contributed by atoms with van der Waals surface area (Å²) in [5.41, 5.74) is 2.66. The number of rotatable bonds is 10. The fourth-order valence-electron chi connectivity index (χ4n) is 4.90. The predicted octanol–water partition coefficient (Wildman–Crippen LogP) is 6.82. The van der Waals surface area contributed by atoms with Crippen LogP contribution in [0.25, 0.3) is 16.0 Å². The van der Waals surface area contributed by atoms with Gasteiger partial charge < -0.3 is 19.3 Å². The average Bonchev–Trinajstić information content (AvgIpc) is 3.52. The van der Waals surface area contributed by atoms with Crippen LogP contribution in [0.4, 0.5) is 5.13 Å². The number of aliphatic hydroxyl groups excluding tert-OH is 1. The van der Waals surface area contributed by atoms with Crippen LogP contribution in [0.2, 0.25) is 0 Å². The van der Waals surface area contributed by atoms with Crippen LogP contribution in [0.1, 0.15) is 48.9 Å². The molecule has 212 valence electrons. The van der Waals surface area contributed by atoms with Crippen LogP contribution in [-0.4, -0.2) is 42.6 Å². The Labute approximate surface area is 242 Å². The molecule has 2 heterocycles. The van der Waals surface area contributed by atoms with Crippen LogP contribution in [0.3, 0.4) is 0 Å². The van der Waals surface area contributed by atoms with Crippen LogP contribution in [0.15, 0.2) is 66.2 Å². The molecule has 1 saturated heterocycles. The molecule has 1 fully saturated rings. The van der Waals surface area contributed by atoms with Gasteiger partial charge in [-0.05, 0) is 60.9 Å². The summed E-state index contributed by atoms with van der Waals surface area (Å²) < 4.78 is 17.8. The smallest absolute Gasteiger partial charge is 0.301 e. The van der Waals surface area contributed by atoms with Gasteiger partial charge in [0.05, 0.1) is 42.7 Å². The molecule has 0 radical (unpaired) electrons. The van der Waals surface area contributed by atoms with Gasteiger partial charge in [0, 0.05) is 5.56 Å². The first-order valence-corrected chi connectivity index (χ1v) is 14.3. The Morgan fingerprint density at radius 3 is 2.59 bits per heavy atom. The van der Waals surface area contributed by atoms with Crippen LogP contribution in [0, 0.1) is 6.92 Å². The zero-order valence-corrected chi connectivity index (χ0v) is 24.3. The van der Waals surface area contributed by atoms with E-state index in [1.165, 1.54) is 23.3 Å². The lowest BCUT2D eigenvalue weighted by Crippen LogP contribution is -2.29. The number of fused-ring (bicyclic) bond motifs is 1. The van der Waals surface area contributed by atoms with E-state index < -0.39 is 17.7 Å². The van der Waals surface area contributed by atoms with Gasteiger partial charge in [-0.3, -0.25) is 14.5 Å². The third kappa shape index (κ3) is 5.50. The monoisotopic (exact) mass is 572 g/mol. The minimum atomic E-state index is -0.953. The Hall–Kier alpha value is -4.37. The summed E-state index contributed by atoms with van der Waals surface area (Å²) in [6.45, 7) is 4.66. The normalized spacial score (nSPS) is 16.4. The number of carbonyl (C=O) groups excluding carboxylic acids is 2. The summed E-state index contributed by atoms with van der Waals surface area (Å²) in [5.74, 6) is -0.338. The third-order valence-corrected chi connectivity index (χ3v) is 8.05. The average molecular weight is 573 g/mol. The molecule has 9 heteroatoms. The van der Waals surface area contributed by atoms with E-state index in [-0.39, 0.29) is 11.3 Å². The number of anilines is 1. The molecule has 0 bridgehead atoms. The molecule has 41 heavy (non-hydrogen) atoms. The lowest BCUT2D eigenvalue weighted by atomic mass is 9.95. The number of nitrogens with zero attached hydrogens (tertiary/aromatic N) is 2. The van der Waals surface area contributed by atoms with Gasteiger partial charge in [0.1, 0.15) is 11.5 Å². The van der Waals surface area contributed by atoms with Crippen LogP contribution >= 0.6 is 11.3 Å². The maximum atomic E-state index is 13.6. The van der Waals surface area contributed by atoms with E-state index in [9.17, 15) is 14.7 Å². The van der Waals surface area contributed by atoms with E-state index in [1.54, 1.807) is 49.6 Å². The minimum Gasteiger partial charge on any atom is -0.507 e. The topological polar surface area (TPSA) is 98.2 Å². The number of unbranched alkanes of at least 4 members (excludes halogenated alkanes) is 2. The van der Waals surface area contributed by atoms with Gasteiger partial charge >= 0.3 is 5.91 Å². The Balaban J connectivity index is 1.66. The second-order valence-electron chi connectivity index (χ2n) is 9.83. The Bertz CT molecular complexity index is 1640. The molecule has 1 aromatic heterocycles. The van der Waals surface area contributed by atoms with Crippen molar-refractivity contribution >= 4 is 44.1 Å². The molecule has 0 saturated carbocycles. The molecular formula is C32H32N2O6S. The lowest BCUT2D eigenvalue weighted by Gasteiger charge is -2.24. The van der Waals surface area contributed by atoms with Crippen molar-refractivity contribution in [2.45, 2.75) is 39.2 Å². The van der Waals surface area contributed by atoms with E-state index in [2.05, 4.69) is 6.92 Å². The highest BCUT2D eigenvalue weighted by atomic mass is 32.1. The lowest BCUT2D eigenvalue weighted by molar-refractivity contribution is -0.132. The highest BCUT2D eigenvalue weighted by Gasteiger charge is 2.48. The number of hydrogen-bond acceptors (Lipinski definition) is 8. The fourth-order valence-corrected chi connectivity index (χ4v) is 5.99. The molecule has 1 unspecified atom stereocenters. The zero-order chi connectivity index (χ0) is 29.1. The molecule has 0 aliphatic carbocycles. The van der Waals surface area contributed by atoms with E-state index in [4.69, 9.17) is 19.2 Å². The van der Waals surface area contributed by atoms with E-state index in [0.29, 0.717) is 40.1 Å². The number of amides is 1. The largest absolute Gasteiger partial charge is 0.507 e. The molecule has 1 aliphatic heterocycles. The number of ketones is 1. The highest BCUT2D eigenvalue weighted by molar-refractivity contribution is 7.22. The van der Waals surface area contributed by atoms with Crippen molar-refractivity contribution in [2.24, 2.45) is 0 Å². The molecule has 1 atom stereocenters. The van der Waals surface area contributed by atoms with Gasteiger partial charge in [-0.1, -0.05) is 55.4 Å². The Morgan fingerprint density at radius 2 is 1.83 bits per heavy atom. The van der Waals surface area contributed by atoms with Gasteiger partial charge in [0.2, 0.25) is 0 Å². The number of benzene rings is 3. The van der Waals surface area contributed by atoms with Crippen molar-refractivity contribution in [1.82, 2.24) is 4.98 Å². The second-order valence-corrected chi connectivity index (χ2v) is 10.8. The van der Waals surface area contributed by atoms with Crippen LogP contribution in [-0.2, 0) is 9.59 Å². The number of methoxy groups -OCH3 is 2. The maximum absolute atomic E-state index is 13.6. The number of ether oxygens (including phenoxy) is 3. The first-order chi connectivity index (χ1) is 19.9. The summed E-state index contributed by atoms with van der Waals surface area (Å²) in [6.07, 6.45) is 3.05. The van der Waals surface area contributed by atoms with E-state index in [0.717, 1.165) is 35.0 Å². The summed E-state index contributed by atoms with van der Waals surface area (Å²) in [7, 11) is 3.06. The van der Waals surface area contributed by atoms with Gasteiger partial charge in [0.25, 0.3) is 5.78 Å². The van der Waals surface area contributed by atoms with Crippen molar-refractivity contribution in [2.75, 3.05) is 25.7 Å². The van der Waals surface area contributed by atoms with Gasteiger partial charge in [-0.25, -0.2) is 4.98 Å². The summed E-state index contributed by atoms with van der Waals surface area (Å²) in [5, 5.41) is 11.9. The first kappa shape index (κ1) is 28.2. The summed E-state index contributed by atoms with van der Waals surface area (Å²) in [6, 6.07) is 16.9. The number of Topliss-reactive ketones (excluding diaryl/α,β-unsaturated/α-hetero) is 1. The van der Waals surface area contributed by atoms with Gasteiger partial charge in [-0.15, -0.1) is 0 Å². The van der Waals surface area contributed by atoms with Crippen molar-refractivity contribution in [3.05, 3.63) is 82.9 Å². The molecule has 3 aromatic carbocycles. The molecular weight excluding hydrogens is 540 g/mol. The Kier molecular flexibility index (Phi) is 8.26. The van der Waals surface area contributed by atoms with Gasteiger partial charge in [0.15, 0.2) is 16.6 Å². The van der Waals surface area contributed by atoms with Crippen molar-refractivity contribution in [3.8, 4) is 17.2 Å². The van der Waals surface area contributed by atoms with E-state index >= 15 is 0 Å². The number of hydrogen-bond donors (Lipinski definition) is 1. The number of aromatic nitrogens is 1. The number of aliphatic hydroxyl groups is 1. The SMILES string of the molecule is CCCCCOc1ccc(C2C(=C(O)c3cccc(OC)c3)C(=O)C(=O)N2c2nc3ccc(C)cc3s2)cc1OC. The minimum absolute atomic E-state index is 0.0441. The number of aryl methyl sites for hydroxylation is 1. The fraction of sp³-hybridized carbons (Fsp3) is 0.281. The van der Waals surface area contributed by atoms with E-state index in [1.807, 2.05) is 25.1 Å². The van der Waals surface area contributed by atoms with Crippen LogP contribution < -0.4 is 19.1 Å². The molecule has 4 aromatic rings. The summed E-state index contributed by atoms with van der Waals surface area (Å²) in [4.78, 5) is 33.3. The molecule has 1 amide bonds. The summed E-state index contributed by atoms with van der Waals surface area (Å²) >= 11 is 1.32. The molecule has 0 spiro atoms. The van der Waals surface area contributed by atoms with Crippen LogP contribution in [0.5, 0.6) is 17.2 Å². The third-order valence-electron chi connectivity index (χ3n) is 7.04. The first-order valence-electron chi connectivity index (χ1n) is 13.5. The maximum Gasteiger partial charge on any atom is 0.301 e. The molecule has 8 nitrogen and oxygen atoms in total. The zero-order valence-electron chi connectivity index (χ0n) is 23.5. The van der Waals surface area contributed by atoms with Crippen molar-refractivity contribution < 1.29 is 28.9 Å². The molecule has 1 N–H and O–H groups in total. The molecule has 5 rings (SSSR count). The Morgan fingerprint density at radius 1 is 1.00 bits per heavy atom. The second kappa shape index (κ2) is 12.0. The van der Waals surface area contributed by atoms with Gasteiger partial charge in [-0.2, -0.15) is 0 Å². The van der Waals surface area contributed by atoms with Crippen molar-refractivity contribution in [3.63, 3.8) is 0 Å². The van der Waals surface area contributed by atoms with Crippen molar-refractivity contribution in [1.29, 1.82) is 0 Å². The quantitative estimate of drug-likeness (QED) is 0.0964.